The zero-order valence-electron chi connectivity index (χ0n) is 13.3. The van der Waals surface area contributed by atoms with Crippen molar-refractivity contribution in [2.45, 2.75) is 19.9 Å². The van der Waals surface area contributed by atoms with Crippen LogP contribution in [0.2, 0.25) is 0 Å². The molecule has 0 radical (unpaired) electrons. The molecule has 0 aliphatic carbocycles. The summed E-state index contributed by atoms with van der Waals surface area (Å²) in [6.45, 7) is 3.97. The van der Waals surface area contributed by atoms with Crippen LogP contribution in [-0.4, -0.2) is 32.7 Å². The molecule has 1 atom stereocenters. The van der Waals surface area contributed by atoms with Crippen molar-refractivity contribution >= 4 is 17.7 Å². The maximum atomic E-state index is 12.3. The summed E-state index contributed by atoms with van der Waals surface area (Å²) in [6.07, 6.45) is 3.45. The first-order valence-electron chi connectivity index (χ1n) is 7.17. The number of carbonyl (C=O) groups excluding carboxylic acids is 2. The number of hydrogen-bond acceptors (Lipinski definition) is 4. The minimum atomic E-state index is -0.352. The molecule has 0 bridgehead atoms. The van der Waals surface area contributed by atoms with Crippen molar-refractivity contribution in [1.29, 1.82) is 0 Å². The van der Waals surface area contributed by atoms with Crippen LogP contribution in [0, 0.1) is 6.92 Å². The second kappa shape index (κ2) is 6.51. The molecule has 1 aromatic carbocycles. The highest BCUT2D eigenvalue weighted by atomic mass is 16.5. The Morgan fingerprint density at radius 3 is 2.68 bits per heavy atom. The number of nitrogens with zero attached hydrogens (tertiary/aromatic N) is 1. The van der Waals surface area contributed by atoms with Gasteiger partial charge in [0.05, 0.1) is 23.9 Å². The highest BCUT2D eigenvalue weighted by molar-refractivity contribution is 5.98. The third-order valence-corrected chi connectivity index (χ3v) is 3.57. The Bertz CT molecular complexity index is 623. The van der Waals surface area contributed by atoms with Crippen LogP contribution < -0.4 is 15.5 Å². The van der Waals surface area contributed by atoms with Gasteiger partial charge < -0.3 is 20.3 Å². The second-order valence-electron chi connectivity index (χ2n) is 5.24. The lowest BCUT2D eigenvalue weighted by Crippen LogP contribution is -2.38. The van der Waals surface area contributed by atoms with Crippen molar-refractivity contribution in [3.05, 3.63) is 41.1 Å². The molecule has 2 rings (SSSR count). The molecule has 2 N–H and O–H groups in total. The van der Waals surface area contributed by atoms with Gasteiger partial charge in [0, 0.05) is 20.3 Å². The van der Waals surface area contributed by atoms with Crippen LogP contribution >= 0.6 is 0 Å². The fraction of sp³-hybridized carbons (Fsp3) is 0.375. The predicted molar refractivity (Wildman–Crippen MR) is 85.0 cm³/mol. The van der Waals surface area contributed by atoms with Gasteiger partial charge in [-0.25, -0.2) is 9.59 Å². The molecule has 2 amide bonds. The molecule has 1 aliphatic rings. The second-order valence-corrected chi connectivity index (χ2v) is 5.24. The molecule has 0 aromatic heterocycles. The van der Waals surface area contributed by atoms with Crippen molar-refractivity contribution < 1.29 is 14.3 Å². The number of hydrogen-bond donors (Lipinski definition) is 2. The average molecular weight is 303 g/mol. The molecular formula is C16H21N3O3. The van der Waals surface area contributed by atoms with E-state index in [4.69, 9.17) is 4.74 Å². The van der Waals surface area contributed by atoms with Crippen LogP contribution in [0.1, 0.15) is 34.5 Å². The van der Waals surface area contributed by atoms with E-state index in [0.717, 1.165) is 16.8 Å². The number of urea groups is 1. The van der Waals surface area contributed by atoms with Crippen LogP contribution in [0.4, 0.5) is 10.5 Å². The molecule has 6 heteroatoms. The molecule has 6 nitrogen and oxygen atoms in total. The predicted octanol–water partition coefficient (Wildman–Crippen LogP) is 2.11. The molecular weight excluding hydrogens is 282 g/mol. The lowest BCUT2D eigenvalue weighted by Gasteiger charge is -2.25. The van der Waals surface area contributed by atoms with Gasteiger partial charge in [0.25, 0.3) is 0 Å². The van der Waals surface area contributed by atoms with E-state index in [2.05, 4.69) is 10.6 Å². The first kappa shape index (κ1) is 15.9. The van der Waals surface area contributed by atoms with Crippen LogP contribution in [0.5, 0.6) is 0 Å². The fourth-order valence-corrected chi connectivity index (χ4v) is 2.52. The fourth-order valence-electron chi connectivity index (χ4n) is 2.52. The lowest BCUT2D eigenvalue weighted by atomic mass is 9.94. The Morgan fingerprint density at radius 1 is 1.36 bits per heavy atom. The quantitative estimate of drug-likeness (QED) is 0.836. The van der Waals surface area contributed by atoms with Crippen molar-refractivity contribution in [2.24, 2.45) is 0 Å². The molecule has 22 heavy (non-hydrogen) atoms. The van der Waals surface area contributed by atoms with Gasteiger partial charge in [-0.05, 0) is 37.1 Å². The van der Waals surface area contributed by atoms with E-state index in [1.807, 2.05) is 44.1 Å². The van der Waals surface area contributed by atoms with Crippen molar-refractivity contribution in [1.82, 2.24) is 10.6 Å². The minimum absolute atomic E-state index is 0.263. The number of nitrogens with one attached hydrogen (secondary N) is 2. The first-order chi connectivity index (χ1) is 10.5. The maximum Gasteiger partial charge on any atom is 0.340 e. The number of carbonyl (C=O) groups is 2. The topological polar surface area (TPSA) is 70.7 Å². The molecule has 1 heterocycles. The zero-order valence-corrected chi connectivity index (χ0v) is 13.3. The normalized spacial score (nSPS) is 16.7. The van der Waals surface area contributed by atoms with Gasteiger partial charge in [-0.2, -0.15) is 0 Å². The number of rotatable bonds is 4. The van der Waals surface area contributed by atoms with Crippen molar-refractivity contribution in [3.63, 3.8) is 0 Å². The molecule has 0 spiro atoms. The summed E-state index contributed by atoms with van der Waals surface area (Å²) in [5, 5.41) is 5.38. The highest BCUT2D eigenvalue weighted by Crippen LogP contribution is 2.30. The molecule has 118 valence electrons. The maximum absolute atomic E-state index is 12.3. The summed E-state index contributed by atoms with van der Waals surface area (Å²) in [4.78, 5) is 25.7. The smallest absolute Gasteiger partial charge is 0.340 e. The van der Waals surface area contributed by atoms with E-state index >= 15 is 0 Å². The molecule has 0 saturated heterocycles. The Kier molecular flexibility index (Phi) is 4.70. The Hall–Kier alpha value is -2.50. The number of amides is 2. The number of benzene rings is 1. The molecule has 0 saturated carbocycles. The Balaban J connectivity index is 2.51. The van der Waals surface area contributed by atoms with Gasteiger partial charge in [-0.1, -0.05) is 6.07 Å². The highest BCUT2D eigenvalue weighted by Gasteiger charge is 2.24. The Labute approximate surface area is 130 Å². The van der Waals surface area contributed by atoms with Gasteiger partial charge in [-0.15, -0.1) is 0 Å². The largest absolute Gasteiger partial charge is 0.462 e. The molecule has 0 fully saturated rings. The van der Waals surface area contributed by atoms with Gasteiger partial charge in [0.15, 0.2) is 0 Å². The zero-order chi connectivity index (χ0) is 16.3. The van der Waals surface area contributed by atoms with Crippen LogP contribution in [-0.2, 0) is 4.74 Å². The monoisotopic (exact) mass is 303 g/mol. The lowest BCUT2D eigenvalue weighted by molar-refractivity contribution is 0.0526. The third kappa shape index (κ3) is 3.05. The van der Waals surface area contributed by atoms with E-state index < -0.39 is 0 Å². The van der Waals surface area contributed by atoms with E-state index in [9.17, 15) is 9.59 Å². The summed E-state index contributed by atoms with van der Waals surface area (Å²) in [7, 11) is 3.76. The van der Waals surface area contributed by atoms with Gasteiger partial charge >= 0.3 is 12.0 Å². The van der Waals surface area contributed by atoms with Crippen molar-refractivity contribution in [2.75, 3.05) is 25.6 Å². The summed E-state index contributed by atoms with van der Waals surface area (Å²) < 4.78 is 5.18. The molecule has 1 aromatic rings. The molecule has 0 unspecified atom stereocenters. The van der Waals surface area contributed by atoms with E-state index in [0.29, 0.717) is 12.2 Å². The first-order valence-corrected chi connectivity index (χ1v) is 7.17. The summed E-state index contributed by atoms with van der Waals surface area (Å²) in [5.74, 6) is -0.352. The van der Waals surface area contributed by atoms with Crippen molar-refractivity contribution in [3.8, 4) is 0 Å². The third-order valence-electron chi connectivity index (χ3n) is 3.57. The van der Waals surface area contributed by atoms with Crippen LogP contribution in [0.25, 0.3) is 0 Å². The van der Waals surface area contributed by atoms with Crippen LogP contribution in [0.3, 0.4) is 0 Å². The summed E-state index contributed by atoms with van der Waals surface area (Å²) in [5.41, 5.74) is 3.01. The van der Waals surface area contributed by atoms with E-state index in [1.165, 1.54) is 0 Å². The number of anilines is 1. The summed E-state index contributed by atoms with van der Waals surface area (Å²) >= 11 is 0. The Morgan fingerprint density at radius 2 is 2.09 bits per heavy atom. The van der Waals surface area contributed by atoms with Gasteiger partial charge in [0.2, 0.25) is 0 Å². The summed E-state index contributed by atoms with van der Waals surface area (Å²) in [6, 6.07) is 3.27. The minimum Gasteiger partial charge on any atom is -0.462 e. The van der Waals surface area contributed by atoms with Gasteiger partial charge in [-0.3, -0.25) is 0 Å². The number of esters is 1. The molecule has 1 aliphatic heterocycles. The van der Waals surface area contributed by atoms with E-state index in [-0.39, 0.29) is 18.0 Å². The van der Waals surface area contributed by atoms with Crippen LogP contribution in [0.15, 0.2) is 24.4 Å². The van der Waals surface area contributed by atoms with Gasteiger partial charge in [0.1, 0.15) is 0 Å². The average Bonchev–Trinajstić information content (AvgIpc) is 2.46. The number of ether oxygens (including phenoxy) is 1. The SMILES string of the molecule is CCOC(=O)c1c(N(C)C)ccc([C@@H]2C=CNC(=O)N2)c1C. The van der Waals surface area contributed by atoms with E-state index in [1.54, 1.807) is 13.1 Å². The standard InChI is InChI=1S/C16H21N3O3/c1-5-22-15(20)14-10(2)11(6-7-13(14)19(3)4)12-8-9-17-16(21)18-12/h6-9,12H,5H2,1-4H3,(H2,17,18,21)/t12-/m0/s1.